The predicted molar refractivity (Wildman–Crippen MR) is 68.2 cm³/mol. The number of carboxylic acids is 1. The van der Waals surface area contributed by atoms with E-state index in [1.165, 1.54) is 0 Å². The second kappa shape index (κ2) is 5.35. The van der Waals surface area contributed by atoms with Crippen LogP contribution in [0.1, 0.15) is 28.9 Å². The number of hydrogen-bond donors (Lipinski definition) is 1. The number of aromatic nitrogens is 1. The molecule has 2 rings (SSSR count). The first-order chi connectivity index (χ1) is 8.58. The van der Waals surface area contributed by atoms with Crippen LogP contribution in [0, 0.1) is 6.92 Å². The van der Waals surface area contributed by atoms with Gasteiger partial charge in [0.25, 0.3) is 0 Å². The molecule has 1 aromatic heterocycles. The van der Waals surface area contributed by atoms with Crippen molar-refractivity contribution in [2.45, 2.75) is 25.9 Å². The molecular weight excluding hydrogens is 232 g/mol. The van der Waals surface area contributed by atoms with Crippen LogP contribution in [0.4, 0.5) is 5.82 Å². The van der Waals surface area contributed by atoms with Crippen molar-refractivity contribution in [3.8, 4) is 0 Å². The monoisotopic (exact) mass is 250 g/mol. The summed E-state index contributed by atoms with van der Waals surface area (Å²) < 4.78 is 5.56. The number of hydrogen-bond acceptors (Lipinski definition) is 4. The highest BCUT2D eigenvalue weighted by Crippen LogP contribution is 2.20. The lowest BCUT2D eigenvalue weighted by molar-refractivity contribution is 0.0696. The smallest absolute Gasteiger partial charge is 0.339 e. The van der Waals surface area contributed by atoms with Crippen molar-refractivity contribution in [1.82, 2.24) is 4.98 Å². The maximum absolute atomic E-state index is 11.2. The van der Waals surface area contributed by atoms with Gasteiger partial charge in [0.2, 0.25) is 0 Å². The molecule has 0 aromatic carbocycles. The van der Waals surface area contributed by atoms with Gasteiger partial charge in [0.15, 0.2) is 0 Å². The van der Waals surface area contributed by atoms with Gasteiger partial charge in [-0.15, -0.1) is 0 Å². The molecule has 0 saturated carbocycles. The number of pyridine rings is 1. The standard InChI is InChI=1S/C13H18N2O3/c1-9-5-6-11(13(16)17)12(14-9)15(2)8-10-4-3-7-18-10/h5-6,10H,3-4,7-8H2,1-2H3,(H,16,17). The van der Waals surface area contributed by atoms with Crippen molar-refractivity contribution >= 4 is 11.8 Å². The van der Waals surface area contributed by atoms with Crippen molar-refractivity contribution < 1.29 is 14.6 Å². The van der Waals surface area contributed by atoms with Gasteiger partial charge in [-0.1, -0.05) is 0 Å². The molecule has 18 heavy (non-hydrogen) atoms. The molecule has 0 aliphatic carbocycles. The number of carbonyl (C=O) groups is 1. The summed E-state index contributed by atoms with van der Waals surface area (Å²) in [5, 5.41) is 9.17. The molecule has 0 bridgehead atoms. The Labute approximate surface area is 106 Å². The molecule has 1 atom stereocenters. The summed E-state index contributed by atoms with van der Waals surface area (Å²) >= 11 is 0. The number of ether oxygens (including phenoxy) is 1. The molecule has 1 N–H and O–H groups in total. The van der Waals surface area contributed by atoms with Gasteiger partial charge in [0.05, 0.1) is 6.10 Å². The molecule has 1 fully saturated rings. The van der Waals surface area contributed by atoms with Crippen LogP contribution in [0.5, 0.6) is 0 Å². The summed E-state index contributed by atoms with van der Waals surface area (Å²) in [6.07, 6.45) is 2.28. The molecule has 1 saturated heterocycles. The van der Waals surface area contributed by atoms with Gasteiger partial charge in [-0.3, -0.25) is 0 Å². The van der Waals surface area contributed by atoms with E-state index in [0.717, 1.165) is 25.1 Å². The van der Waals surface area contributed by atoms with Crippen LogP contribution in [0.3, 0.4) is 0 Å². The van der Waals surface area contributed by atoms with Crippen molar-refractivity contribution in [2.75, 3.05) is 25.1 Å². The molecule has 5 nitrogen and oxygen atoms in total. The van der Waals surface area contributed by atoms with Crippen molar-refractivity contribution in [1.29, 1.82) is 0 Å². The van der Waals surface area contributed by atoms with Gasteiger partial charge in [-0.2, -0.15) is 0 Å². The molecule has 0 spiro atoms. The Morgan fingerprint density at radius 1 is 1.61 bits per heavy atom. The van der Waals surface area contributed by atoms with Crippen LogP contribution < -0.4 is 4.90 Å². The first kappa shape index (κ1) is 12.8. The Morgan fingerprint density at radius 3 is 3.00 bits per heavy atom. The van der Waals surface area contributed by atoms with E-state index in [9.17, 15) is 4.79 Å². The number of anilines is 1. The highest BCUT2D eigenvalue weighted by Gasteiger charge is 2.21. The Bertz CT molecular complexity index is 442. The van der Waals surface area contributed by atoms with Crippen LogP contribution in [0.25, 0.3) is 0 Å². The molecular formula is C13H18N2O3. The molecule has 2 heterocycles. The first-order valence-corrected chi connectivity index (χ1v) is 6.11. The average Bonchev–Trinajstić information content (AvgIpc) is 2.81. The second-order valence-electron chi connectivity index (χ2n) is 4.64. The Morgan fingerprint density at radius 2 is 2.39 bits per heavy atom. The Balaban J connectivity index is 2.19. The van der Waals surface area contributed by atoms with Gasteiger partial charge in [0, 0.05) is 25.9 Å². The molecule has 1 unspecified atom stereocenters. The summed E-state index contributed by atoms with van der Waals surface area (Å²) in [6, 6.07) is 3.32. The number of aromatic carboxylic acids is 1. The van der Waals surface area contributed by atoms with E-state index in [4.69, 9.17) is 9.84 Å². The lowest BCUT2D eigenvalue weighted by Crippen LogP contribution is -2.30. The molecule has 98 valence electrons. The van der Waals surface area contributed by atoms with Crippen LogP contribution in [-0.2, 0) is 4.74 Å². The zero-order chi connectivity index (χ0) is 13.1. The third-order valence-corrected chi connectivity index (χ3v) is 3.11. The third kappa shape index (κ3) is 2.79. The highest BCUT2D eigenvalue weighted by molar-refractivity contribution is 5.93. The zero-order valence-electron chi connectivity index (χ0n) is 10.7. The summed E-state index contributed by atoms with van der Waals surface area (Å²) in [4.78, 5) is 17.4. The molecule has 5 heteroatoms. The number of rotatable bonds is 4. The van der Waals surface area contributed by atoms with Crippen LogP contribution in [-0.4, -0.2) is 42.4 Å². The van der Waals surface area contributed by atoms with E-state index < -0.39 is 5.97 Å². The lowest BCUT2D eigenvalue weighted by atomic mass is 10.2. The van der Waals surface area contributed by atoms with E-state index >= 15 is 0 Å². The second-order valence-corrected chi connectivity index (χ2v) is 4.64. The van der Waals surface area contributed by atoms with Gasteiger partial charge in [0.1, 0.15) is 11.4 Å². The maximum Gasteiger partial charge on any atom is 0.339 e. The summed E-state index contributed by atoms with van der Waals surface area (Å²) in [7, 11) is 1.86. The minimum Gasteiger partial charge on any atom is -0.478 e. The minimum atomic E-state index is -0.948. The van der Waals surface area contributed by atoms with Gasteiger partial charge in [-0.05, 0) is 31.9 Å². The quantitative estimate of drug-likeness (QED) is 0.881. The van der Waals surface area contributed by atoms with Crippen LogP contribution in [0.2, 0.25) is 0 Å². The van der Waals surface area contributed by atoms with Gasteiger partial charge >= 0.3 is 5.97 Å². The summed E-state index contributed by atoms with van der Waals surface area (Å²) in [6.45, 7) is 3.33. The fourth-order valence-corrected chi connectivity index (χ4v) is 2.18. The highest BCUT2D eigenvalue weighted by atomic mass is 16.5. The SMILES string of the molecule is Cc1ccc(C(=O)O)c(N(C)CC2CCCO2)n1. The van der Waals surface area contributed by atoms with Gasteiger partial charge in [-0.25, -0.2) is 9.78 Å². The van der Waals surface area contributed by atoms with E-state index in [1.807, 2.05) is 18.9 Å². The van der Waals surface area contributed by atoms with Crippen molar-refractivity contribution in [2.24, 2.45) is 0 Å². The number of aryl methyl sites for hydroxylation is 1. The van der Waals surface area contributed by atoms with E-state index in [2.05, 4.69) is 4.98 Å². The number of nitrogens with zero attached hydrogens (tertiary/aromatic N) is 2. The average molecular weight is 250 g/mol. The number of carboxylic acid groups (broad SMARTS) is 1. The largest absolute Gasteiger partial charge is 0.478 e. The Kier molecular flexibility index (Phi) is 3.81. The molecule has 1 aliphatic heterocycles. The fourth-order valence-electron chi connectivity index (χ4n) is 2.18. The number of likely N-dealkylation sites (N-methyl/N-ethyl adjacent to an activating group) is 1. The van der Waals surface area contributed by atoms with Crippen molar-refractivity contribution in [3.63, 3.8) is 0 Å². The van der Waals surface area contributed by atoms with E-state index in [0.29, 0.717) is 12.4 Å². The molecule has 1 aliphatic rings. The fraction of sp³-hybridized carbons (Fsp3) is 0.538. The van der Waals surface area contributed by atoms with Gasteiger partial charge < -0.3 is 14.7 Å². The first-order valence-electron chi connectivity index (χ1n) is 6.11. The lowest BCUT2D eigenvalue weighted by Gasteiger charge is -2.23. The predicted octanol–water partition coefficient (Wildman–Crippen LogP) is 1.70. The van der Waals surface area contributed by atoms with E-state index in [-0.39, 0.29) is 11.7 Å². The summed E-state index contributed by atoms with van der Waals surface area (Å²) in [5.74, 6) is -0.435. The zero-order valence-corrected chi connectivity index (χ0v) is 10.7. The molecule has 0 radical (unpaired) electrons. The third-order valence-electron chi connectivity index (χ3n) is 3.11. The topological polar surface area (TPSA) is 62.7 Å². The maximum atomic E-state index is 11.2. The van der Waals surface area contributed by atoms with Crippen molar-refractivity contribution in [3.05, 3.63) is 23.4 Å². The van der Waals surface area contributed by atoms with Crippen LogP contribution >= 0.6 is 0 Å². The molecule has 1 aromatic rings. The summed E-state index contributed by atoms with van der Waals surface area (Å²) in [5.41, 5.74) is 1.05. The van der Waals surface area contributed by atoms with Crippen LogP contribution in [0.15, 0.2) is 12.1 Å². The molecule has 0 amide bonds. The minimum absolute atomic E-state index is 0.180. The van der Waals surface area contributed by atoms with E-state index in [1.54, 1.807) is 12.1 Å². The normalized spacial score (nSPS) is 18.9. The Hall–Kier alpha value is -1.62.